The summed E-state index contributed by atoms with van der Waals surface area (Å²) in [6, 6.07) is 17.7. The molecule has 0 saturated carbocycles. The maximum Gasteiger partial charge on any atom is 0.243 e. The highest BCUT2D eigenvalue weighted by Crippen LogP contribution is 2.32. The molecule has 1 N–H and O–H groups in total. The molecule has 0 saturated heterocycles. The van der Waals surface area contributed by atoms with E-state index in [0.717, 1.165) is 30.8 Å². The number of hydrogen-bond donors (Lipinski definition) is 1. The third-order valence-electron chi connectivity index (χ3n) is 5.16. The van der Waals surface area contributed by atoms with Crippen molar-refractivity contribution in [3.05, 3.63) is 65.7 Å². The number of hydrogen-bond acceptors (Lipinski definition) is 3. The highest BCUT2D eigenvalue weighted by atomic mass is 16.2. The molecule has 1 aliphatic rings. The van der Waals surface area contributed by atoms with Crippen molar-refractivity contribution in [2.24, 2.45) is 0 Å². The molecule has 28 heavy (non-hydrogen) atoms. The molecule has 0 bridgehead atoms. The van der Waals surface area contributed by atoms with Crippen molar-refractivity contribution in [3.8, 4) is 0 Å². The molecule has 1 aliphatic heterocycles. The number of amides is 2. The highest BCUT2D eigenvalue weighted by molar-refractivity contribution is 6.03. The van der Waals surface area contributed by atoms with Gasteiger partial charge in [-0.1, -0.05) is 55.5 Å². The van der Waals surface area contributed by atoms with E-state index in [4.69, 9.17) is 0 Å². The monoisotopic (exact) mass is 379 g/mol. The molecule has 5 heteroatoms. The second-order valence-corrected chi connectivity index (χ2v) is 7.33. The van der Waals surface area contributed by atoms with Gasteiger partial charge in [0.05, 0.1) is 0 Å². The fourth-order valence-corrected chi connectivity index (χ4v) is 3.73. The first-order valence-electron chi connectivity index (χ1n) is 10.00. The minimum atomic E-state index is -0.438. The van der Waals surface area contributed by atoms with Gasteiger partial charge in [-0.15, -0.1) is 0 Å². The Morgan fingerprint density at radius 2 is 1.82 bits per heavy atom. The molecule has 0 fully saturated rings. The molecule has 1 atom stereocenters. The van der Waals surface area contributed by atoms with E-state index in [0.29, 0.717) is 19.4 Å². The van der Waals surface area contributed by atoms with E-state index in [-0.39, 0.29) is 11.8 Å². The van der Waals surface area contributed by atoms with Crippen LogP contribution in [0.15, 0.2) is 54.6 Å². The molecule has 5 nitrogen and oxygen atoms in total. The summed E-state index contributed by atoms with van der Waals surface area (Å²) in [5, 5.41) is 3.03. The number of fused-ring (bicyclic) bond motifs is 1. The van der Waals surface area contributed by atoms with E-state index in [9.17, 15) is 9.59 Å². The second-order valence-electron chi connectivity index (χ2n) is 7.33. The predicted molar refractivity (Wildman–Crippen MR) is 112 cm³/mol. The lowest BCUT2D eigenvalue weighted by atomic mass is 10.1. The Kier molecular flexibility index (Phi) is 6.82. The molecule has 1 unspecified atom stereocenters. The molecule has 0 spiro atoms. The van der Waals surface area contributed by atoms with Crippen LogP contribution in [0.25, 0.3) is 0 Å². The van der Waals surface area contributed by atoms with Crippen molar-refractivity contribution in [3.63, 3.8) is 0 Å². The van der Waals surface area contributed by atoms with Gasteiger partial charge in [0.25, 0.3) is 0 Å². The Morgan fingerprint density at radius 1 is 1.11 bits per heavy atom. The first-order valence-corrected chi connectivity index (χ1v) is 10.00. The smallest absolute Gasteiger partial charge is 0.243 e. The van der Waals surface area contributed by atoms with Crippen LogP contribution in [0.4, 0.5) is 5.69 Å². The van der Waals surface area contributed by atoms with E-state index in [1.807, 2.05) is 49.4 Å². The van der Waals surface area contributed by atoms with Gasteiger partial charge in [0.2, 0.25) is 11.8 Å². The lowest BCUT2D eigenvalue weighted by molar-refractivity contribution is -0.126. The van der Waals surface area contributed by atoms with Crippen LogP contribution in [0.2, 0.25) is 0 Å². The molecule has 148 valence electrons. The lowest BCUT2D eigenvalue weighted by Gasteiger charge is -2.24. The summed E-state index contributed by atoms with van der Waals surface area (Å²) in [5.41, 5.74) is 3.22. The van der Waals surface area contributed by atoms with Crippen molar-refractivity contribution < 1.29 is 9.59 Å². The summed E-state index contributed by atoms with van der Waals surface area (Å²) in [4.78, 5) is 29.1. The van der Waals surface area contributed by atoms with E-state index in [1.165, 1.54) is 5.56 Å². The quantitative estimate of drug-likeness (QED) is 0.718. The van der Waals surface area contributed by atoms with Crippen LogP contribution in [0.3, 0.4) is 0 Å². The minimum absolute atomic E-state index is 0.00676. The van der Waals surface area contributed by atoms with Gasteiger partial charge < -0.3 is 10.2 Å². The fraction of sp³-hybridized carbons (Fsp3) is 0.391. The third-order valence-corrected chi connectivity index (χ3v) is 5.16. The minimum Gasteiger partial charge on any atom is -0.354 e. The lowest BCUT2D eigenvalue weighted by Crippen LogP contribution is -2.48. The van der Waals surface area contributed by atoms with Crippen molar-refractivity contribution in [1.82, 2.24) is 10.2 Å². The third kappa shape index (κ3) is 4.78. The largest absolute Gasteiger partial charge is 0.354 e. The average molecular weight is 380 g/mol. The van der Waals surface area contributed by atoms with Gasteiger partial charge in [0.1, 0.15) is 6.04 Å². The van der Waals surface area contributed by atoms with Crippen LogP contribution >= 0.6 is 0 Å². The van der Waals surface area contributed by atoms with Gasteiger partial charge in [-0.25, -0.2) is 0 Å². The zero-order chi connectivity index (χ0) is 19.9. The molecule has 0 aromatic heterocycles. The summed E-state index contributed by atoms with van der Waals surface area (Å²) < 4.78 is 0. The number of nitrogens with zero attached hydrogens (tertiary/aromatic N) is 2. The summed E-state index contributed by atoms with van der Waals surface area (Å²) in [7, 11) is 2.09. The summed E-state index contributed by atoms with van der Waals surface area (Å²) in [6.07, 6.45) is 1.85. The molecule has 2 aromatic carbocycles. The van der Waals surface area contributed by atoms with Crippen LogP contribution in [0, 0.1) is 0 Å². The zero-order valence-corrected chi connectivity index (χ0v) is 16.7. The Hall–Kier alpha value is -2.66. The van der Waals surface area contributed by atoms with Crippen LogP contribution < -0.4 is 10.2 Å². The molecule has 2 aromatic rings. The van der Waals surface area contributed by atoms with Gasteiger partial charge in [-0.05, 0) is 37.2 Å². The number of benzene rings is 2. The van der Waals surface area contributed by atoms with Gasteiger partial charge >= 0.3 is 0 Å². The maximum absolute atomic E-state index is 12.8. The van der Waals surface area contributed by atoms with Gasteiger partial charge in [-0.3, -0.25) is 14.5 Å². The molecule has 3 rings (SSSR count). The van der Waals surface area contributed by atoms with Crippen molar-refractivity contribution in [2.75, 3.05) is 25.0 Å². The Bertz CT molecular complexity index is 807. The molecule has 2 amide bonds. The molecule has 1 heterocycles. The first-order chi connectivity index (χ1) is 13.6. The number of anilines is 1. The van der Waals surface area contributed by atoms with E-state index in [2.05, 4.69) is 29.4 Å². The number of carbonyl (C=O) groups excluding carboxylic acids is 2. The number of para-hydroxylation sites is 1. The predicted octanol–water partition coefficient (Wildman–Crippen LogP) is 2.99. The van der Waals surface area contributed by atoms with Crippen molar-refractivity contribution in [1.29, 1.82) is 0 Å². The summed E-state index contributed by atoms with van der Waals surface area (Å²) in [5.74, 6) is -0.0728. The molecule has 0 radical (unpaired) electrons. The second kappa shape index (κ2) is 9.51. The van der Waals surface area contributed by atoms with Crippen LogP contribution in [0.1, 0.15) is 30.9 Å². The number of rotatable bonds is 8. The summed E-state index contributed by atoms with van der Waals surface area (Å²) in [6.45, 7) is 4.24. The van der Waals surface area contributed by atoms with Crippen molar-refractivity contribution >= 4 is 17.5 Å². The number of nitrogens with one attached hydrogen (secondary N) is 1. The topological polar surface area (TPSA) is 52.7 Å². The molecule has 0 aliphatic carbocycles. The SMILES string of the molecule is CCC(=O)N1c2ccccc2CC1C(=O)NCCCN(C)Cc1ccccc1. The van der Waals surface area contributed by atoms with Gasteiger partial charge in [0.15, 0.2) is 0 Å². The highest BCUT2D eigenvalue weighted by Gasteiger charge is 2.37. The van der Waals surface area contributed by atoms with E-state index in [1.54, 1.807) is 4.90 Å². The van der Waals surface area contributed by atoms with E-state index < -0.39 is 6.04 Å². The Balaban J connectivity index is 1.48. The zero-order valence-electron chi connectivity index (χ0n) is 16.7. The van der Waals surface area contributed by atoms with Gasteiger partial charge in [-0.2, -0.15) is 0 Å². The van der Waals surface area contributed by atoms with Gasteiger partial charge in [0, 0.05) is 31.6 Å². The normalized spacial score (nSPS) is 15.5. The Morgan fingerprint density at radius 3 is 2.57 bits per heavy atom. The fourth-order valence-electron chi connectivity index (χ4n) is 3.73. The number of carbonyl (C=O) groups is 2. The molecular formula is C23H29N3O2. The Labute approximate surface area is 167 Å². The first kappa shape index (κ1) is 20.1. The standard InChI is InChI=1S/C23H29N3O2/c1-3-22(27)26-20-13-8-7-12-19(20)16-21(26)23(28)24-14-9-15-25(2)17-18-10-5-4-6-11-18/h4-8,10-13,21H,3,9,14-17H2,1-2H3,(H,24,28). The van der Waals surface area contributed by atoms with Crippen molar-refractivity contribution in [2.45, 2.75) is 38.8 Å². The van der Waals surface area contributed by atoms with Crippen LogP contribution in [-0.4, -0.2) is 42.9 Å². The van der Waals surface area contributed by atoms with Crippen LogP contribution in [-0.2, 0) is 22.6 Å². The summed E-state index contributed by atoms with van der Waals surface area (Å²) >= 11 is 0. The van der Waals surface area contributed by atoms with Crippen LogP contribution in [0.5, 0.6) is 0 Å². The van der Waals surface area contributed by atoms with E-state index >= 15 is 0 Å². The average Bonchev–Trinajstić information content (AvgIpc) is 3.11. The molecular weight excluding hydrogens is 350 g/mol. The maximum atomic E-state index is 12.8.